The predicted molar refractivity (Wildman–Crippen MR) is 77.4 cm³/mol. The van der Waals surface area contributed by atoms with E-state index in [1.54, 1.807) is 0 Å². The lowest BCUT2D eigenvalue weighted by molar-refractivity contribution is 0.546. The first-order valence-electron chi connectivity index (χ1n) is 6.86. The Labute approximate surface area is 114 Å². The summed E-state index contributed by atoms with van der Waals surface area (Å²) >= 11 is 0. The van der Waals surface area contributed by atoms with Gasteiger partial charge in [0.1, 0.15) is 5.69 Å². The van der Waals surface area contributed by atoms with E-state index in [0.717, 1.165) is 38.8 Å². The smallest absolute Gasteiger partial charge is 0.274 e. The van der Waals surface area contributed by atoms with Crippen molar-refractivity contribution >= 4 is 5.95 Å². The molecule has 0 aliphatic carbocycles. The zero-order chi connectivity index (χ0) is 14.3. The summed E-state index contributed by atoms with van der Waals surface area (Å²) in [5.74, 6) is 0.442. The third kappa shape index (κ3) is 5.38. The van der Waals surface area contributed by atoms with E-state index in [9.17, 15) is 4.79 Å². The van der Waals surface area contributed by atoms with Gasteiger partial charge in [-0.3, -0.25) is 9.78 Å². The first-order chi connectivity index (χ1) is 8.95. The molecule has 0 bridgehead atoms. The fourth-order valence-corrected chi connectivity index (χ4v) is 1.74. The van der Waals surface area contributed by atoms with Crippen LogP contribution in [0.2, 0.25) is 0 Å². The average Bonchev–Trinajstić information content (AvgIpc) is 2.32. The van der Waals surface area contributed by atoms with Crippen LogP contribution < -0.4 is 16.6 Å². The van der Waals surface area contributed by atoms with Gasteiger partial charge in [-0.1, -0.05) is 33.6 Å². The Bertz CT molecular complexity index is 435. The minimum absolute atomic E-state index is 0.173. The quantitative estimate of drug-likeness (QED) is 0.649. The minimum Gasteiger partial charge on any atom is -0.354 e. The van der Waals surface area contributed by atoms with Crippen molar-refractivity contribution in [3.8, 4) is 0 Å². The highest BCUT2D eigenvalue weighted by atomic mass is 16.1. The van der Waals surface area contributed by atoms with E-state index in [1.165, 1.54) is 0 Å². The zero-order valence-corrected chi connectivity index (χ0v) is 12.1. The van der Waals surface area contributed by atoms with Gasteiger partial charge in [0.25, 0.3) is 5.56 Å². The van der Waals surface area contributed by atoms with Crippen molar-refractivity contribution < 1.29 is 0 Å². The molecule has 1 rings (SSSR count). The third-order valence-corrected chi connectivity index (χ3v) is 2.83. The Morgan fingerprint density at radius 2 is 1.84 bits per heavy atom. The summed E-state index contributed by atoms with van der Waals surface area (Å²) in [6, 6.07) is 0. The Morgan fingerprint density at radius 3 is 2.42 bits per heavy atom. The first kappa shape index (κ1) is 15.6. The molecule has 19 heavy (non-hydrogen) atoms. The van der Waals surface area contributed by atoms with Crippen LogP contribution in [0.15, 0.2) is 4.79 Å². The van der Waals surface area contributed by atoms with Crippen LogP contribution in [0.25, 0.3) is 0 Å². The van der Waals surface area contributed by atoms with E-state index in [1.807, 2.05) is 20.8 Å². The van der Waals surface area contributed by atoms with Gasteiger partial charge >= 0.3 is 0 Å². The number of hydrogen-bond donors (Lipinski definition) is 3. The molecule has 0 fully saturated rings. The molecule has 1 heterocycles. The molecule has 0 saturated heterocycles. The first-order valence-corrected chi connectivity index (χ1v) is 6.86. The fraction of sp³-hybridized carbons (Fsp3) is 0.769. The molecule has 6 nitrogen and oxygen atoms in total. The summed E-state index contributed by atoms with van der Waals surface area (Å²) < 4.78 is 0. The number of H-pyrrole nitrogens is 1. The molecule has 0 spiro atoms. The Balaban J connectivity index is 2.44. The molecule has 0 atom stereocenters. The van der Waals surface area contributed by atoms with Gasteiger partial charge in [0.15, 0.2) is 0 Å². The van der Waals surface area contributed by atoms with Crippen LogP contribution in [0.5, 0.6) is 0 Å². The molecule has 0 saturated carbocycles. The molecular formula is C13H25N5O. The number of aromatic amines is 1. The van der Waals surface area contributed by atoms with E-state index in [0.29, 0.717) is 11.6 Å². The topological polar surface area (TPSA) is 96.7 Å². The summed E-state index contributed by atoms with van der Waals surface area (Å²) in [4.78, 5) is 14.6. The molecule has 6 heteroatoms. The van der Waals surface area contributed by atoms with Crippen molar-refractivity contribution in [1.82, 2.24) is 15.2 Å². The Hall–Kier alpha value is -1.43. The van der Waals surface area contributed by atoms with Gasteiger partial charge in [0, 0.05) is 12.0 Å². The van der Waals surface area contributed by atoms with Crippen LogP contribution >= 0.6 is 0 Å². The van der Waals surface area contributed by atoms with Crippen molar-refractivity contribution in [3.05, 3.63) is 16.0 Å². The number of nitrogens with zero attached hydrogens (tertiary/aromatic N) is 2. The highest BCUT2D eigenvalue weighted by Gasteiger charge is 2.20. The zero-order valence-electron chi connectivity index (χ0n) is 12.1. The van der Waals surface area contributed by atoms with Crippen molar-refractivity contribution in [1.29, 1.82) is 0 Å². The fourth-order valence-electron chi connectivity index (χ4n) is 1.74. The van der Waals surface area contributed by atoms with Gasteiger partial charge in [-0.2, -0.15) is 0 Å². The maximum Gasteiger partial charge on any atom is 0.274 e. The van der Waals surface area contributed by atoms with E-state index in [4.69, 9.17) is 5.73 Å². The van der Waals surface area contributed by atoms with E-state index in [-0.39, 0.29) is 11.0 Å². The molecular weight excluding hydrogens is 242 g/mol. The minimum atomic E-state index is -0.290. The van der Waals surface area contributed by atoms with Crippen LogP contribution in [-0.4, -0.2) is 28.3 Å². The van der Waals surface area contributed by atoms with Crippen LogP contribution in [0.3, 0.4) is 0 Å². The molecule has 0 radical (unpaired) electrons. The van der Waals surface area contributed by atoms with Crippen LogP contribution in [0.1, 0.15) is 52.1 Å². The number of unbranched alkanes of at least 4 members (excludes halogenated alkanes) is 3. The number of nitrogens with one attached hydrogen (secondary N) is 2. The van der Waals surface area contributed by atoms with Crippen molar-refractivity contribution in [2.45, 2.75) is 51.9 Å². The SMILES string of the molecule is CC(C)(C)c1nnc(NCCCCCCN)[nH]c1=O. The van der Waals surface area contributed by atoms with Gasteiger partial charge < -0.3 is 11.1 Å². The molecule has 0 aliphatic heterocycles. The Kier molecular flexibility index (Phi) is 5.95. The monoisotopic (exact) mass is 267 g/mol. The summed E-state index contributed by atoms with van der Waals surface area (Å²) in [5, 5.41) is 11.1. The molecule has 108 valence electrons. The molecule has 0 aliphatic rings. The highest BCUT2D eigenvalue weighted by Crippen LogP contribution is 2.15. The largest absolute Gasteiger partial charge is 0.354 e. The number of nitrogens with two attached hydrogens (primary N) is 1. The van der Waals surface area contributed by atoms with E-state index < -0.39 is 0 Å². The van der Waals surface area contributed by atoms with Crippen LogP contribution in [0, 0.1) is 0 Å². The normalized spacial score (nSPS) is 11.6. The maximum absolute atomic E-state index is 11.8. The lowest BCUT2D eigenvalue weighted by Gasteiger charge is -2.15. The standard InChI is InChI=1S/C13H25N5O/c1-13(2,3)10-11(19)16-12(18-17-10)15-9-7-5-4-6-8-14/h4-9,14H2,1-3H3,(H2,15,16,18,19). The average molecular weight is 267 g/mol. The van der Waals surface area contributed by atoms with Gasteiger partial charge in [-0.25, -0.2) is 0 Å². The second kappa shape index (κ2) is 7.23. The second-order valence-corrected chi connectivity index (χ2v) is 5.73. The van der Waals surface area contributed by atoms with Gasteiger partial charge in [-0.05, 0) is 19.4 Å². The molecule has 4 N–H and O–H groups in total. The summed E-state index contributed by atoms with van der Waals surface area (Å²) in [5.41, 5.74) is 5.42. The highest BCUT2D eigenvalue weighted by molar-refractivity contribution is 5.22. The summed E-state index contributed by atoms with van der Waals surface area (Å²) in [6.45, 7) is 7.36. The number of anilines is 1. The third-order valence-electron chi connectivity index (χ3n) is 2.83. The lowest BCUT2D eigenvalue weighted by Crippen LogP contribution is -2.28. The van der Waals surface area contributed by atoms with Crippen molar-refractivity contribution in [3.63, 3.8) is 0 Å². The molecule has 0 amide bonds. The van der Waals surface area contributed by atoms with Crippen LogP contribution in [-0.2, 0) is 5.41 Å². The van der Waals surface area contributed by atoms with Gasteiger partial charge in [-0.15, -0.1) is 10.2 Å². The molecule has 1 aromatic rings. The lowest BCUT2D eigenvalue weighted by atomic mass is 9.93. The van der Waals surface area contributed by atoms with E-state index >= 15 is 0 Å². The summed E-state index contributed by atoms with van der Waals surface area (Å²) in [7, 11) is 0. The summed E-state index contributed by atoms with van der Waals surface area (Å²) in [6.07, 6.45) is 4.37. The maximum atomic E-state index is 11.8. The molecule has 0 unspecified atom stereocenters. The van der Waals surface area contributed by atoms with Gasteiger partial charge in [0.05, 0.1) is 0 Å². The predicted octanol–water partition coefficient (Wildman–Crippen LogP) is 1.39. The van der Waals surface area contributed by atoms with E-state index in [2.05, 4.69) is 20.5 Å². The van der Waals surface area contributed by atoms with Gasteiger partial charge in [0.2, 0.25) is 5.95 Å². The number of aromatic nitrogens is 3. The van der Waals surface area contributed by atoms with Crippen molar-refractivity contribution in [2.24, 2.45) is 5.73 Å². The molecule has 0 aromatic carbocycles. The van der Waals surface area contributed by atoms with Crippen LogP contribution in [0.4, 0.5) is 5.95 Å². The number of rotatable bonds is 7. The van der Waals surface area contributed by atoms with Crippen molar-refractivity contribution in [2.75, 3.05) is 18.4 Å². The second-order valence-electron chi connectivity index (χ2n) is 5.73. The Morgan fingerprint density at radius 1 is 1.16 bits per heavy atom. The number of hydrogen-bond acceptors (Lipinski definition) is 5. The molecule has 1 aromatic heterocycles.